The number of aromatic hydroxyl groups is 1. The summed E-state index contributed by atoms with van der Waals surface area (Å²) < 4.78 is 0. The lowest BCUT2D eigenvalue weighted by molar-refractivity contribution is 0.472. The minimum absolute atomic E-state index is 0.253. The number of benzene rings is 2. The Hall–Kier alpha value is -1.21. The van der Waals surface area contributed by atoms with Crippen molar-refractivity contribution in [2.24, 2.45) is 0 Å². The zero-order valence-electron chi connectivity index (χ0n) is 7.21. The van der Waals surface area contributed by atoms with Gasteiger partial charge in [0.2, 0.25) is 0 Å². The topological polar surface area (TPSA) is 20.2 Å². The summed E-state index contributed by atoms with van der Waals surface area (Å²) in [6.45, 7) is 1.88. The Morgan fingerprint density at radius 3 is 2.46 bits per heavy atom. The van der Waals surface area contributed by atoms with Gasteiger partial charge in [0.25, 0.3) is 0 Å². The van der Waals surface area contributed by atoms with Gasteiger partial charge in [-0.2, -0.15) is 0 Å². The van der Waals surface area contributed by atoms with Crippen molar-refractivity contribution >= 4 is 22.4 Å². The lowest BCUT2D eigenvalue weighted by atomic mass is 10.0. The molecule has 0 saturated carbocycles. The van der Waals surface area contributed by atoms with E-state index in [0.29, 0.717) is 5.02 Å². The molecule has 2 aromatic carbocycles. The van der Waals surface area contributed by atoms with Crippen LogP contribution in [0.25, 0.3) is 10.8 Å². The van der Waals surface area contributed by atoms with Crippen LogP contribution >= 0.6 is 11.6 Å². The fourth-order valence-corrected chi connectivity index (χ4v) is 1.73. The van der Waals surface area contributed by atoms with Crippen LogP contribution in [-0.2, 0) is 0 Å². The predicted molar refractivity (Wildman–Crippen MR) is 55.4 cm³/mol. The molecule has 0 radical (unpaired) electrons. The van der Waals surface area contributed by atoms with E-state index in [1.165, 1.54) is 0 Å². The van der Waals surface area contributed by atoms with E-state index in [4.69, 9.17) is 11.6 Å². The van der Waals surface area contributed by atoms with Crippen molar-refractivity contribution in [3.05, 3.63) is 40.9 Å². The fourth-order valence-electron chi connectivity index (χ4n) is 1.46. The summed E-state index contributed by atoms with van der Waals surface area (Å²) >= 11 is 5.97. The highest BCUT2D eigenvalue weighted by atomic mass is 35.5. The van der Waals surface area contributed by atoms with Gasteiger partial charge in [0.05, 0.1) is 5.02 Å². The molecular weight excluding hydrogens is 184 g/mol. The van der Waals surface area contributed by atoms with Gasteiger partial charge in [0.15, 0.2) is 0 Å². The standard InChI is InChI=1S/C11H9ClO/c1-7-8-4-2-3-5-9(8)10(12)6-11(7)13/h2-6,13H,1H3. The van der Waals surface area contributed by atoms with Crippen molar-refractivity contribution in [1.29, 1.82) is 0 Å². The van der Waals surface area contributed by atoms with Crippen molar-refractivity contribution < 1.29 is 5.11 Å². The molecule has 2 rings (SSSR count). The van der Waals surface area contributed by atoms with Gasteiger partial charge < -0.3 is 5.11 Å². The zero-order chi connectivity index (χ0) is 9.42. The lowest BCUT2D eigenvalue weighted by Gasteiger charge is -2.05. The van der Waals surface area contributed by atoms with Crippen LogP contribution < -0.4 is 0 Å². The normalized spacial score (nSPS) is 10.6. The summed E-state index contributed by atoms with van der Waals surface area (Å²) in [6.07, 6.45) is 0. The summed E-state index contributed by atoms with van der Waals surface area (Å²) in [5, 5.41) is 12.1. The summed E-state index contributed by atoms with van der Waals surface area (Å²) in [4.78, 5) is 0. The zero-order valence-corrected chi connectivity index (χ0v) is 7.97. The maximum Gasteiger partial charge on any atom is 0.120 e. The summed E-state index contributed by atoms with van der Waals surface area (Å²) in [6, 6.07) is 9.36. The first-order chi connectivity index (χ1) is 6.20. The molecule has 0 bridgehead atoms. The molecule has 0 fully saturated rings. The molecule has 2 heteroatoms. The van der Waals surface area contributed by atoms with Crippen LogP contribution in [0.1, 0.15) is 5.56 Å². The van der Waals surface area contributed by atoms with Crippen molar-refractivity contribution in [3.63, 3.8) is 0 Å². The highest BCUT2D eigenvalue weighted by Crippen LogP contribution is 2.32. The molecule has 0 spiro atoms. The molecule has 0 aliphatic heterocycles. The van der Waals surface area contributed by atoms with E-state index in [0.717, 1.165) is 16.3 Å². The van der Waals surface area contributed by atoms with Crippen LogP contribution in [0, 0.1) is 6.92 Å². The Morgan fingerprint density at radius 1 is 1.15 bits per heavy atom. The second-order valence-electron chi connectivity index (χ2n) is 3.05. The molecule has 0 aliphatic rings. The first kappa shape index (κ1) is 8.39. The third kappa shape index (κ3) is 1.25. The van der Waals surface area contributed by atoms with Crippen LogP contribution in [0.3, 0.4) is 0 Å². The van der Waals surface area contributed by atoms with Crippen LogP contribution in [0.5, 0.6) is 5.75 Å². The number of hydrogen-bond donors (Lipinski definition) is 1. The maximum absolute atomic E-state index is 9.51. The number of phenols is 1. The molecule has 0 atom stereocenters. The Labute approximate surface area is 81.6 Å². The minimum atomic E-state index is 0.253. The molecule has 0 heterocycles. The van der Waals surface area contributed by atoms with E-state index in [2.05, 4.69) is 0 Å². The molecule has 0 saturated heterocycles. The number of phenolic OH excluding ortho intramolecular Hbond substituents is 1. The summed E-state index contributed by atoms with van der Waals surface area (Å²) in [5.74, 6) is 0.253. The smallest absolute Gasteiger partial charge is 0.120 e. The van der Waals surface area contributed by atoms with Crippen molar-refractivity contribution in [2.45, 2.75) is 6.92 Å². The van der Waals surface area contributed by atoms with E-state index in [1.54, 1.807) is 6.07 Å². The molecule has 0 unspecified atom stereocenters. The van der Waals surface area contributed by atoms with E-state index >= 15 is 0 Å². The Kier molecular flexibility index (Phi) is 1.89. The predicted octanol–water partition coefficient (Wildman–Crippen LogP) is 3.51. The van der Waals surface area contributed by atoms with Gasteiger partial charge in [0, 0.05) is 5.39 Å². The molecule has 2 aromatic rings. The Morgan fingerprint density at radius 2 is 1.77 bits per heavy atom. The van der Waals surface area contributed by atoms with Gasteiger partial charge in [0.1, 0.15) is 5.75 Å². The summed E-state index contributed by atoms with van der Waals surface area (Å²) in [7, 11) is 0. The SMILES string of the molecule is Cc1c(O)cc(Cl)c2ccccc12. The maximum atomic E-state index is 9.51. The third-order valence-electron chi connectivity index (χ3n) is 2.24. The first-order valence-corrected chi connectivity index (χ1v) is 4.45. The van der Waals surface area contributed by atoms with Gasteiger partial charge >= 0.3 is 0 Å². The molecular formula is C11H9ClO. The molecule has 0 aromatic heterocycles. The highest BCUT2D eigenvalue weighted by Gasteiger charge is 2.05. The number of fused-ring (bicyclic) bond motifs is 1. The van der Waals surface area contributed by atoms with Gasteiger partial charge in [-0.25, -0.2) is 0 Å². The lowest BCUT2D eigenvalue weighted by Crippen LogP contribution is -1.80. The average molecular weight is 193 g/mol. The summed E-state index contributed by atoms with van der Waals surface area (Å²) in [5.41, 5.74) is 0.875. The quantitative estimate of drug-likeness (QED) is 0.677. The Balaban J connectivity index is 2.97. The van der Waals surface area contributed by atoms with Gasteiger partial charge in [-0.05, 0) is 23.9 Å². The van der Waals surface area contributed by atoms with Crippen LogP contribution in [0.2, 0.25) is 5.02 Å². The molecule has 1 N–H and O–H groups in total. The monoisotopic (exact) mass is 192 g/mol. The van der Waals surface area contributed by atoms with Crippen LogP contribution in [0.4, 0.5) is 0 Å². The molecule has 1 nitrogen and oxygen atoms in total. The van der Waals surface area contributed by atoms with E-state index in [-0.39, 0.29) is 5.75 Å². The van der Waals surface area contributed by atoms with Crippen molar-refractivity contribution in [3.8, 4) is 5.75 Å². The molecule has 66 valence electrons. The average Bonchev–Trinajstić information content (AvgIpc) is 2.15. The van der Waals surface area contributed by atoms with Gasteiger partial charge in [-0.3, -0.25) is 0 Å². The molecule has 0 amide bonds. The van der Waals surface area contributed by atoms with Gasteiger partial charge in [-0.15, -0.1) is 0 Å². The van der Waals surface area contributed by atoms with Gasteiger partial charge in [-0.1, -0.05) is 35.9 Å². The van der Waals surface area contributed by atoms with E-state index in [9.17, 15) is 5.11 Å². The second-order valence-corrected chi connectivity index (χ2v) is 3.46. The largest absolute Gasteiger partial charge is 0.508 e. The first-order valence-electron chi connectivity index (χ1n) is 4.07. The molecule has 0 aliphatic carbocycles. The second kappa shape index (κ2) is 2.93. The third-order valence-corrected chi connectivity index (χ3v) is 2.55. The van der Waals surface area contributed by atoms with Crippen molar-refractivity contribution in [2.75, 3.05) is 0 Å². The number of halogens is 1. The number of aryl methyl sites for hydroxylation is 1. The molecule has 13 heavy (non-hydrogen) atoms. The Bertz CT molecular complexity index is 463. The van der Waals surface area contributed by atoms with Crippen LogP contribution in [-0.4, -0.2) is 5.11 Å². The van der Waals surface area contributed by atoms with E-state index in [1.807, 2.05) is 31.2 Å². The number of hydrogen-bond acceptors (Lipinski definition) is 1. The highest BCUT2D eigenvalue weighted by molar-refractivity contribution is 6.35. The fraction of sp³-hybridized carbons (Fsp3) is 0.0909. The number of rotatable bonds is 0. The minimum Gasteiger partial charge on any atom is -0.508 e. The van der Waals surface area contributed by atoms with E-state index < -0.39 is 0 Å². The van der Waals surface area contributed by atoms with Crippen molar-refractivity contribution in [1.82, 2.24) is 0 Å². The van der Waals surface area contributed by atoms with Crippen LogP contribution in [0.15, 0.2) is 30.3 Å².